The molecule has 0 aliphatic carbocycles. The van der Waals surface area contributed by atoms with Crippen LogP contribution in [0.15, 0.2) is 64.8 Å². The summed E-state index contributed by atoms with van der Waals surface area (Å²) in [5.74, 6) is -1.23. The maximum atomic E-state index is 12.6. The number of nitrogens with zero attached hydrogens (tertiary/aromatic N) is 1. The zero-order chi connectivity index (χ0) is 22.6. The highest BCUT2D eigenvalue weighted by Gasteiger charge is 2.30. The number of alkyl halides is 3. The van der Waals surface area contributed by atoms with E-state index < -0.39 is 23.6 Å². The zero-order valence-electron chi connectivity index (χ0n) is 16.4. The van der Waals surface area contributed by atoms with Crippen LogP contribution in [0.25, 0.3) is 0 Å². The summed E-state index contributed by atoms with van der Waals surface area (Å²) in [7, 11) is 1.45. The highest BCUT2D eigenvalue weighted by atomic mass is 19.4. The lowest BCUT2D eigenvalue weighted by molar-refractivity contribution is -0.137. The second kappa shape index (κ2) is 8.95. The number of rotatable bonds is 6. The number of aliphatic imine (C=N–C) groups is 1. The fourth-order valence-electron chi connectivity index (χ4n) is 2.96. The largest absolute Gasteiger partial charge is 0.416 e. The molecule has 2 aromatic carbocycles. The molecule has 160 valence electrons. The van der Waals surface area contributed by atoms with Gasteiger partial charge in [-0.3, -0.25) is 19.4 Å². The Morgan fingerprint density at radius 3 is 2.19 bits per heavy atom. The van der Waals surface area contributed by atoms with Crippen LogP contribution >= 0.6 is 0 Å². The molecular formula is C22H18F3N3O3. The second-order valence-electron chi connectivity index (χ2n) is 6.75. The number of benzene rings is 2. The Balaban J connectivity index is 1.63. The van der Waals surface area contributed by atoms with Crippen LogP contribution in [0, 0.1) is 0 Å². The standard InChI is InChI=1S/C22H18F3N3O3/c1-26-21(31)19-17(10-11-27-19)20(30)28-16-8-2-13(3-9-16)12-18(29)14-4-6-15(7-5-14)22(23,24)25/h2-9,11H,10,12H2,1H3,(H,26,31)(H,28,30). The highest BCUT2D eigenvalue weighted by Crippen LogP contribution is 2.29. The molecule has 1 heterocycles. The number of carbonyl (C=O) groups excluding carboxylic acids is 3. The molecule has 3 rings (SSSR count). The van der Waals surface area contributed by atoms with Gasteiger partial charge in [-0.1, -0.05) is 24.3 Å². The van der Waals surface area contributed by atoms with Crippen LogP contribution in [0.5, 0.6) is 0 Å². The van der Waals surface area contributed by atoms with Crippen molar-refractivity contribution in [2.24, 2.45) is 4.99 Å². The summed E-state index contributed by atoms with van der Waals surface area (Å²) in [5.41, 5.74) is 0.787. The van der Waals surface area contributed by atoms with Crippen LogP contribution in [0.4, 0.5) is 18.9 Å². The Bertz CT molecular complexity index is 1070. The van der Waals surface area contributed by atoms with E-state index in [9.17, 15) is 27.6 Å². The number of carbonyl (C=O) groups is 3. The van der Waals surface area contributed by atoms with Crippen LogP contribution in [0.1, 0.15) is 27.9 Å². The maximum Gasteiger partial charge on any atom is 0.416 e. The fourth-order valence-corrected chi connectivity index (χ4v) is 2.96. The third kappa shape index (κ3) is 5.25. The summed E-state index contributed by atoms with van der Waals surface area (Å²) in [5, 5.41) is 5.10. The molecule has 1 aliphatic heterocycles. The molecule has 0 bridgehead atoms. The number of Topliss-reactive ketones (excluding diaryl/α,β-unsaturated/α-hetero) is 1. The quantitative estimate of drug-likeness (QED) is 0.689. The van der Waals surface area contributed by atoms with Gasteiger partial charge in [0.2, 0.25) is 0 Å². The molecule has 0 radical (unpaired) electrons. The van der Waals surface area contributed by atoms with Crippen molar-refractivity contribution in [2.75, 3.05) is 12.4 Å². The molecule has 0 spiro atoms. The van der Waals surface area contributed by atoms with Crippen LogP contribution in [0.2, 0.25) is 0 Å². The molecule has 2 amide bonds. The van der Waals surface area contributed by atoms with Gasteiger partial charge in [0.1, 0.15) is 5.70 Å². The van der Waals surface area contributed by atoms with Crippen LogP contribution in [0.3, 0.4) is 0 Å². The first-order valence-electron chi connectivity index (χ1n) is 9.27. The van der Waals surface area contributed by atoms with E-state index in [1.165, 1.54) is 13.3 Å². The maximum absolute atomic E-state index is 12.6. The number of anilines is 1. The van der Waals surface area contributed by atoms with E-state index in [2.05, 4.69) is 15.6 Å². The first kappa shape index (κ1) is 21.9. The van der Waals surface area contributed by atoms with Gasteiger partial charge >= 0.3 is 6.18 Å². The fraction of sp³-hybridized carbons (Fsp3) is 0.182. The minimum absolute atomic E-state index is 0.000592. The van der Waals surface area contributed by atoms with Gasteiger partial charge in [-0.05, 0) is 29.8 Å². The summed E-state index contributed by atoms with van der Waals surface area (Å²) >= 11 is 0. The molecule has 1 aliphatic rings. The summed E-state index contributed by atoms with van der Waals surface area (Å²) in [6.45, 7) is 0. The lowest BCUT2D eigenvalue weighted by Crippen LogP contribution is -2.23. The first-order valence-corrected chi connectivity index (χ1v) is 9.27. The molecule has 0 saturated carbocycles. The third-order valence-corrected chi connectivity index (χ3v) is 4.63. The van der Waals surface area contributed by atoms with Crippen molar-refractivity contribution < 1.29 is 27.6 Å². The molecule has 31 heavy (non-hydrogen) atoms. The van der Waals surface area contributed by atoms with Gasteiger partial charge in [-0.15, -0.1) is 0 Å². The topological polar surface area (TPSA) is 87.6 Å². The van der Waals surface area contributed by atoms with Crippen LogP contribution in [-0.2, 0) is 22.2 Å². The van der Waals surface area contributed by atoms with Crippen LogP contribution in [-0.4, -0.2) is 30.9 Å². The Hall–Kier alpha value is -3.75. The van der Waals surface area contributed by atoms with E-state index in [0.29, 0.717) is 11.3 Å². The van der Waals surface area contributed by atoms with Crippen molar-refractivity contribution in [3.63, 3.8) is 0 Å². The van der Waals surface area contributed by atoms with Gasteiger partial charge in [-0.25, -0.2) is 0 Å². The van der Waals surface area contributed by atoms with E-state index in [4.69, 9.17) is 0 Å². The second-order valence-corrected chi connectivity index (χ2v) is 6.75. The molecule has 0 fully saturated rings. The molecule has 2 N–H and O–H groups in total. The van der Waals surface area contributed by atoms with Gasteiger partial charge in [-0.2, -0.15) is 13.2 Å². The van der Waals surface area contributed by atoms with Crippen molar-refractivity contribution in [3.05, 3.63) is 76.5 Å². The van der Waals surface area contributed by atoms with Gasteiger partial charge in [0, 0.05) is 37.4 Å². The molecule has 9 heteroatoms. The van der Waals surface area contributed by atoms with Crippen molar-refractivity contribution in [2.45, 2.75) is 19.0 Å². The minimum Gasteiger partial charge on any atom is -0.354 e. The van der Waals surface area contributed by atoms with Gasteiger partial charge < -0.3 is 10.6 Å². The molecule has 0 saturated heterocycles. The van der Waals surface area contributed by atoms with E-state index in [1.54, 1.807) is 24.3 Å². The molecule has 0 aromatic heterocycles. The summed E-state index contributed by atoms with van der Waals surface area (Å²) in [6.07, 6.45) is -2.73. The SMILES string of the molecule is CNC(=O)C1=C(C(=O)Nc2ccc(CC(=O)c3ccc(C(F)(F)F)cc3)cc2)CC=N1. The molecule has 0 atom stereocenters. The minimum atomic E-state index is -4.45. The summed E-state index contributed by atoms with van der Waals surface area (Å²) in [4.78, 5) is 40.4. The number of ketones is 1. The molecular weight excluding hydrogens is 411 g/mol. The zero-order valence-corrected chi connectivity index (χ0v) is 16.4. The number of amides is 2. The van der Waals surface area contributed by atoms with E-state index >= 15 is 0 Å². The lowest BCUT2D eigenvalue weighted by atomic mass is 10.0. The van der Waals surface area contributed by atoms with Gasteiger partial charge in [0.05, 0.1) is 11.1 Å². The summed E-state index contributed by atoms with van der Waals surface area (Å²) in [6, 6.07) is 10.5. The predicted octanol–water partition coefficient (Wildman–Crippen LogP) is 3.54. The Morgan fingerprint density at radius 1 is 0.968 bits per heavy atom. The third-order valence-electron chi connectivity index (χ3n) is 4.63. The number of likely N-dealkylation sites (N-methyl/N-ethyl adjacent to an activating group) is 1. The Kier molecular flexibility index (Phi) is 6.33. The number of hydrogen-bond acceptors (Lipinski definition) is 4. The predicted molar refractivity (Wildman–Crippen MR) is 109 cm³/mol. The average molecular weight is 429 g/mol. The van der Waals surface area contributed by atoms with Gasteiger partial charge in [0.15, 0.2) is 5.78 Å². The number of hydrogen-bond donors (Lipinski definition) is 2. The first-order chi connectivity index (χ1) is 14.7. The van der Waals surface area contributed by atoms with E-state index in [1.807, 2.05) is 0 Å². The Morgan fingerprint density at radius 2 is 1.61 bits per heavy atom. The molecule has 2 aromatic rings. The average Bonchev–Trinajstić information content (AvgIpc) is 3.24. The van der Waals surface area contributed by atoms with E-state index in [-0.39, 0.29) is 35.5 Å². The van der Waals surface area contributed by atoms with E-state index in [0.717, 1.165) is 24.3 Å². The lowest BCUT2D eigenvalue weighted by Gasteiger charge is -2.09. The number of halogens is 3. The van der Waals surface area contributed by atoms with Crippen molar-refractivity contribution in [1.29, 1.82) is 0 Å². The van der Waals surface area contributed by atoms with Crippen LogP contribution < -0.4 is 10.6 Å². The molecule has 0 unspecified atom stereocenters. The number of nitrogens with one attached hydrogen (secondary N) is 2. The van der Waals surface area contributed by atoms with Gasteiger partial charge in [0.25, 0.3) is 11.8 Å². The molecule has 6 nitrogen and oxygen atoms in total. The van der Waals surface area contributed by atoms with Crippen molar-refractivity contribution in [1.82, 2.24) is 5.32 Å². The van der Waals surface area contributed by atoms with Crippen molar-refractivity contribution >= 4 is 29.5 Å². The monoisotopic (exact) mass is 429 g/mol. The smallest absolute Gasteiger partial charge is 0.354 e. The van der Waals surface area contributed by atoms with Crippen molar-refractivity contribution in [3.8, 4) is 0 Å². The highest BCUT2D eigenvalue weighted by molar-refractivity contribution is 6.13. The Labute approximate surface area is 175 Å². The summed E-state index contributed by atoms with van der Waals surface area (Å²) < 4.78 is 37.9. The normalized spacial score (nSPS) is 13.3.